The summed E-state index contributed by atoms with van der Waals surface area (Å²) in [7, 11) is 0. The Bertz CT molecular complexity index is 176. The zero-order valence-corrected chi connectivity index (χ0v) is 16.9. The third-order valence-corrected chi connectivity index (χ3v) is 2.74. The lowest BCUT2D eigenvalue weighted by molar-refractivity contribution is 0.570. The maximum Gasteiger partial charge on any atom is -0.0234 e. The van der Waals surface area contributed by atoms with Crippen molar-refractivity contribution in [1.29, 1.82) is 0 Å². The van der Waals surface area contributed by atoms with Crippen molar-refractivity contribution in [3.63, 3.8) is 0 Å². The summed E-state index contributed by atoms with van der Waals surface area (Å²) >= 11 is 0. The molecule has 0 radical (unpaired) electrons. The second kappa shape index (κ2) is 27.8. The highest BCUT2D eigenvalue weighted by atomic mass is 14.1. The first-order chi connectivity index (χ1) is 9.90. The topological polar surface area (TPSA) is 0 Å². The van der Waals surface area contributed by atoms with Crippen LogP contribution in [0.2, 0.25) is 0 Å². The van der Waals surface area contributed by atoms with Crippen LogP contribution in [0.1, 0.15) is 101 Å². The lowest BCUT2D eigenvalue weighted by atomic mass is 9.94. The van der Waals surface area contributed by atoms with Gasteiger partial charge in [-0.05, 0) is 31.1 Å². The Balaban J connectivity index is -0.000000120. The van der Waals surface area contributed by atoms with Crippen LogP contribution in [-0.2, 0) is 0 Å². The fraction of sp³-hybridized carbons (Fsp3) is 0.810. The molecular formula is C21H46. The van der Waals surface area contributed by atoms with Crippen LogP contribution < -0.4 is 0 Å². The van der Waals surface area contributed by atoms with Crippen LogP contribution in [0.5, 0.6) is 0 Å². The molecule has 0 aromatic carbocycles. The summed E-state index contributed by atoms with van der Waals surface area (Å²) in [5.41, 5.74) is 1.45. The third kappa shape index (κ3) is 38.2. The molecule has 0 bridgehead atoms. The lowest BCUT2D eigenvalue weighted by Gasteiger charge is -2.12. The molecule has 0 aliphatic carbocycles. The molecule has 130 valence electrons. The van der Waals surface area contributed by atoms with Crippen molar-refractivity contribution in [3.8, 4) is 0 Å². The van der Waals surface area contributed by atoms with Gasteiger partial charge < -0.3 is 0 Å². The summed E-state index contributed by atoms with van der Waals surface area (Å²) in [6.07, 6.45) is 9.59. The fourth-order valence-electron chi connectivity index (χ4n) is 1.29. The van der Waals surface area contributed by atoms with Crippen LogP contribution in [0.4, 0.5) is 0 Å². The van der Waals surface area contributed by atoms with E-state index in [1.54, 1.807) is 0 Å². The normalized spacial score (nSPS) is 10.0. The molecule has 0 aromatic heterocycles. The molecule has 0 spiro atoms. The van der Waals surface area contributed by atoms with Crippen molar-refractivity contribution in [2.75, 3.05) is 0 Å². The number of unbranched alkanes of at least 4 members (excludes halogenated alkanes) is 1. The van der Waals surface area contributed by atoms with Gasteiger partial charge in [0.25, 0.3) is 0 Å². The van der Waals surface area contributed by atoms with Gasteiger partial charge in [0.2, 0.25) is 0 Å². The molecule has 0 heteroatoms. The van der Waals surface area contributed by atoms with Crippen molar-refractivity contribution in [2.24, 2.45) is 11.8 Å². The summed E-state index contributed by atoms with van der Waals surface area (Å²) in [5.74, 6) is 1.39. The molecule has 0 N–H and O–H groups in total. The van der Waals surface area contributed by atoms with E-state index in [2.05, 4.69) is 61.6 Å². The molecule has 0 nitrogen and oxygen atoms in total. The van der Waals surface area contributed by atoms with Crippen LogP contribution >= 0.6 is 0 Å². The van der Waals surface area contributed by atoms with Crippen molar-refractivity contribution < 1.29 is 0 Å². The summed E-state index contributed by atoms with van der Waals surface area (Å²) in [6, 6.07) is 0. The minimum atomic E-state index is 0.648. The van der Waals surface area contributed by atoms with E-state index >= 15 is 0 Å². The van der Waals surface area contributed by atoms with Gasteiger partial charge in [-0.3, -0.25) is 0 Å². The lowest BCUT2D eigenvalue weighted by Crippen LogP contribution is -1.97. The molecule has 0 saturated carbocycles. The van der Waals surface area contributed by atoms with Gasteiger partial charge in [-0.25, -0.2) is 0 Å². The molecule has 0 aliphatic rings. The predicted octanol–water partition coefficient (Wildman–Crippen LogP) is 8.44. The second-order valence-corrected chi connectivity index (χ2v) is 5.64. The smallest absolute Gasteiger partial charge is 0.0234 e. The van der Waals surface area contributed by atoms with Crippen LogP contribution in [0.3, 0.4) is 0 Å². The van der Waals surface area contributed by atoms with Gasteiger partial charge in [0.05, 0.1) is 0 Å². The van der Waals surface area contributed by atoms with E-state index in [4.69, 9.17) is 0 Å². The van der Waals surface area contributed by atoms with E-state index in [1.165, 1.54) is 44.1 Å². The zero-order valence-electron chi connectivity index (χ0n) is 16.9. The van der Waals surface area contributed by atoms with E-state index in [0.717, 1.165) is 5.92 Å². The van der Waals surface area contributed by atoms with E-state index in [-0.39, 0.29) is 0 Å². The number of rotatable bonds is 7. The molecule has 0 heterocycles. The molecule has 1 atom stereocenters. The van der Waals surface area contributed by atoms with Gasteiger partial charge >= 0.3 is 0 Å². The van der Waals surface area contributed by atoms with E-state index in [1.807, 2.05) is 19.9 Å². The van der Waals surface area contributed by atoms with E-state index < -0.39 is 0 Å². The largest absolute Gasteiger partial charge is 0.103 e. The SMILES string of the molecule is C=C(CCCC)C(C)CCC.C=CC(C)C.CC.CCC. The summed E-state index contributed by atoms with van der Waals surface area (Å²) in [5, 5.41) is 0. The molecule has 1 unspecified atom stereocenters. The number of hydrogen-bond donors (Lipinski definition) is 0. The second-order valence-electron chi connectivity index (χ2n) is 5.64. The van der Waals surface area contributed by atoms with Gasteiger partial charge in [0, 0.05) is 0 Å². The maximum absolute atomic E-state index is 4.11. The first-order valence-electron chi connectivity index (χ1n) is 9.21. The van der Waals surface area contributed by atoms with Crippen molar-refractivity contribution in [2.45, 2.75) is 101 Å². The van der Waals surface area contributed by atoms with Crippen LogP contribution in [0.25, 0.3) is 0 Å². The Morgan fingerprint density at radius 1 is 0.952 bits per heavy atom. The van der Waals surface area contributed by atoms with Crippen molar-refractivity contribution >= 4 is 0 Å². The zero-order chi connectivity index (χ0) is 17.7. The Kier molecular flexibility index (Phi) is 37.8. The molecule has 0 fully saturated rings. The average molecular weight is 299 g/mol. The molecule has 0 aliphatic heterocycles. The molecule has 0 rings (SSSR count). The standard InChI is InChI=1S/C11H22.C5H10.C3H8.C2H6/c1-5-7-9-11(4)10(3)8-6-2;1-4-5(2)3;1-3-2;1-2/h10H,4-9H2,1-3H3;4-5H,1H2,2-3H3;3H2,1-2H3;1-2H3. The summed E-state index contributed by atoms with van der Waals surface area (Å²) in [4.78, 5) is 0. The monoisotopic (exact) mass is 298 g/mol. The van der Waals surface area contributed by atoms with Crippen LogP contribution in [0.15, 0.2) is 24.8 Å². The molecule has 0 saturated heterocycles. The molecule has 0 amide bonds. The third-order valence-electron chi connectivity index (χ3n) is 2.74. The minimum absolute atomic E-state index is 0.648. The van der Waals surface area contributed by atoms with E-state index in [9.17, 15) is 0 Å². The van der Waals surface area contributed by atoms with E-state index in [0.29, 0.717) is 5.92 Å². The first-order valence-corrected chi connectivity index (χ1v) is 9.21. The minimum Gasteiger partial charge on any atom is -0.103 e. The quantitative estimate of drug-likeness (QED) is 0.413. The first kappa shape index (κ1) is 28.6. The van der Waals surface area contributed by atoms with Gasteiger partial charge in [-0.1, -0.05) is 99.8 Å². The van der Waals surface area contributed by atoms with Crippen LogP contribution in [0, 0.1) is 11.8 Å². The Hall–Kier alpha value is -0.520. The highest BCUT2D eigenvalue weighted by Gasteiger charge is 2.03. The number of hydrogen-bond acceptors (Lipinski definition) is 0. The fourth-order valence-corrected chi connectivity index (χ4v) is 1.29. The highest BCUT2D eigenvalue weighted by molar-refractivity contribution is 4.98. The molecular weight excluding hydrogens is 252 g/mol. The van der Waals surface area contributed by atoms with Gasteiger partial charge in [0.1, 0.15) is 0 Å². The van der Waals surface area contributed by atoms with Gasteiger partial charge in [-0.2, -0.15) is 0 Å². The summed E-state index contributed by atoms with van der Waals surface area (Å²) in [6.45, 7) is 26.9. The highest BCUT2D eigenvalue weighted by Crippen LogP contribution is 2.19. The average Bonchev–Trinajstić information content (AvgIpc) is 2.48. The maximum atomic E-state index is 4.11. The Morgan fingerprint density at radius 2 is 1.33 bits per heavy atom. The predicted molar refractivity (Wildman–Crippen MR) is 105 cm³/mol. The van der Waals surface area contributed by atoms with Gasteiger partial charge in [0.15, 0.2) is 0 Å². The van der Waals surface area contributed by atoms with Crippen LogP contribution in [-0.4, -0.2) is 0 Å². The Morgan fingerprint density at radius 3 is 1.57 bits per heavy atom. The van der Waals surface area contributed by atoms with Crippen molar-refractivity contribution in [1.82, 2.24) is 0 Å². The summed E-state index contributed by atoms with van der Waals surface area (Å²) < 4.78 is 0. The Labute approximate surface area is 138 Å². The van der Waals surface area contributed by atoms with Gasteiger partial charge in [-0.15, -0.1) is 6.58 Å². The van der Waals surface area contributed by atoms with Crippen molar-refractivity contribution in [3.05, 3.63) is 24.8 Å². The molecule has 21 heavy (non-hydrogen) atoms. The number of allylic oxidation sites excluding steroid dienone is 2. The molecule has 0 aromatic rings.